The van der Waals surface area contributed by atoms with Crippen molar-refractivity contribution >= 4 is 0 Å². The Morgan fingerprint density at radius 2 is 1.93 bits per heavy atom. The molecule has 0 aromatic rings. The third-order valence-electron chi connectivity index (χ3n) is 2.53. The average molecular weight is 217 g/mol. The van der Waals surface area contributed by atoms with E-state index in [1.165, 1.54) is 12.8 Å². The van der Waals surface area contributed by atoms with Gasteiger partial charge in [0.05, 0.1) is 0 Å². The number of ether oxygens (including phenoxy) is 2. The third kappa shape index (κ3) is 8.85. The van der Waals surface area contributed by atoms with Crippen LogP contribution >= 0.6 is 0 Å². The van der Waals surface area contributed by atoms with E-state index in [1.807, 2.05) is 0 Å². The molecule has 0 amide bonds. The molecule has 0 radical (unpaired) electrons. The largest absolute Gasteiger partial charge is 0.385 e. The summed E-state index contributed by atoms with van der Waals surface area (Å²) in [7, 11) is 3.53. The van der Waals surface area contributed by atoms with E-state index >= 15 is 0 Å². The van der Waals surface area contributed by atoms with Gasteiger partial charge >= 0.3 is 0 Å². The standard InChI is InChI=1S/C12H27NO2/c1-5-13-12(7-6-8-14-3)9-11(2)10-15-4/h11-13H,5-10H2,1-4H3. The van der Waals surface area contributed by atoms with Crippen molar-refractivity contribution in [2.45, 2.75) is 39.2 Å². The van der Waals surface area contributed by atoms with Crippen molar-refractivity contribution in [2.24, 2.45) is 5.92 Å². The predicted octanol–water partition coefficient (Wildman–Crippen LogP) is 2.06. The maximum absolute atomic E-state index is 5.16. The highest BCUT2D eigenvalue weighted by atomic mass is 16.5. The van der Waals surface area contributed by atoms with Gasteiger partial charge in [-0.15, -0.1) is 0 Å². The van der Waals surface area contributed by atoms with Gasteiger partial charge in [-0.05, 0) is 31.7 Å². The van der Waals surface area contributed by atoms with Gasteiger partial charge in [0.15, 0.2) is 0 Å². The maximum atomic E-state index is 5.16. The van der Waals surface area contributed by atoms with E-state index in [9.17, 15) is 0 Å². The Labute approximate surface area is 94.5 Å². The van der Waals surface area contributed by atoms with Gasteiger partial charge in [-0.2, -0.15) is 0 Å². The van der Waals surface area contributed by atoms with Crippen molar-refractivity contribution in [3.8, 4) is 0 Å². The first kappa shape index (κ1) is 14.9. The summed E-state index contributed by atoms with van der Waals surface area (Å²) in [5, 5.41) is 3.52. The Morgan fingerprint density at radius 1 is 1.20 bits per heavy atom. The van der Waals surface area contributed by atoms with Gasteiger partial charge < -0.3 is 14.8 Å². The molecule has 0 aliphatic rings. The molecule has 0 heterocycles. The van der Waals surface area contributed by atoms with Gasteiger partial charge in [-0.3, -0.25) is 0 Å². The molecule has 2 atom stereocenters. The smallest absolute Gasteiger partial charge is 0.0488 e. The van der Waals surface area contributed by atoms with E-state index in [4.69, 9.17) is 9.47 Å². The Morgan fingerprint density at radius 3 is 2.47 bits per heavy atom. The van der Waals surface area contributed by atoms with E-state index in [0.717, 1.165) is 26.2 Å². The number of rotatable bonds is 10. The fourth-order valence-electron chi connectivity index (χ4n) is 1.90. The second kappa shape index (κ2) is 10.4. The average Bonchev–Trinajstić information content (AvgIpc) is 2.18. The van der Waals surface area contributed by atoms with Crippen molar-refractivity contribution in [1.82, 2.24) is 5.32 Å². The highest BCUT2D eigenvalue weighted by molar-refractivity contribution is 4.69. The van der Waals surface area contributed by atoms with Crippen molar-refractivity contribution in [3.63, 3.8) is 0 Å². The molecule has 92 valence electrons. The van der Waals surface area contributed by atoms with E-state index in [0.29, 0.717) is 12.0 Å². The van der Waals surface area contributed by atoms with Crippen LogP contribution in [-0.2, 0) is 9.47 Å². The van der Waals surface area contributed by atoms with Crippen LogP contribution in [0.3, 0.4) is 0 Å². The number of hydrogen-bond donors (Lipinski definition) is 1. The molecule has 0 rings (SSSR count). The van der Waals surface area contributed by atoms with E-state index in [1.54, 1.807) is 14.2 Å². The Bertz CT molecular complexity index is 131. The molecule has 0 spiro atoms. The first-order valence-corrected chi connectivity index (χ1v) is 5.95. The van der Waals surface area contributed by atoms with Crippen molar-refractivity contribution in [2.75, 3.05) is 34.0 Å². The van der Waals surface area contributed by atoms with Gasteiger partial charge in [-0.25, -0.2) is 0 Å². The molecule has 0 aliphatic carbocycles. The first-order chi connectivity index (χ1) is 7.24. The second-order valence-corrected chi connectivity index (χ2v) is 4.19. The summed E-state index contributed by atoms with van der Waals surface area (Å²) in [4.78, 5) is 0. The Kier molecular flexibility index (Phi) is 10.3. The summed E-state index contributed by atoms with van der Waals surface area (Å²) in [6.07, 6.45) is 3.51. The lowest BCUT2D eigenvalue weighted by molar-refractivity contribution is 0.145. The third-order valence-corrected chi connectivity index (χ3v) is 2.53. The summed E-state index contributed by atoms with van der Waals surface area (Å²) in [6, 6.07) is 0.607. The van der Waals surface area contributed by atoms with Crippen LogP contribution in [0.5, 0.6) is 0 Å². The minimum absolute atomic E-state index is 0.607. The van der Waals surface area contributed by atoms with Crippen molar-refractivity contribution < 1.29 is 9.47 Å². The molecule has 0 saturated heterocycles. The maximum Gasteiger partial charge on any atom is 0.0488 e. The molecule has 0 aromatic carbocycles. The van der Waals surface area contributed by atoms with Crippen LogP contribution in [0.15, 0.2) is 0 Å². The first-order valence-electron chi connectivity index (χ1n) is 5.95. The SMILES string of the molecule is CCNC(CCCOC)CC(C)COC. The van der Waals surface area contributed by atoms with Gasteiger partial charge in [0, 0.05) is 33.5 Å². The van der Waals surface area contributed by atoms with E-state index in [-0.39, 0.29) is 0 Å². The van der Waals surface area contributed by atoms with Crippen molar-refractivity contribution in [3.05, 3.63) is 0 Å². The highest BCUT2D eigenvalue weighted by Gasteiger charge is 2.11. The second-order valence-electron chi connectivity index (χ2n) is 4.19. The molecule has 15 heavy (non-hydrogen) atoms. The molecule has 0 fully saturated rings. The molecule has 0 bridgehead atoms. The minimum Gasteiger partial charge on any atom is -0.385 e. The molecular formula is C12H27NO2. The van der Waals surface area contributed by atoms with Crippen molar-refractivity contribution in [1.29, 1.82) is 0 Å². The van der Waals surface area contributed by atoms with Gasteiger partial charge in [0.1, 0.15) is 0 Å². The van der Waals surface area contributed by atoms with Crippen LogP contribution < -0.4 is 5.32 Å². The molecule has 0 aromatic heterocycles. The highest BCUT2D eigenvalue weighted by Crippen LogP contribution is 2.11. The number of methoxy groups -OCH3 is 2. The van der Waals surface area contributed by atoms with Crippen LogP contribution in [-0.4, -0.2) is 40.0 Å². The summed E-state index contributed by atoms with van der Waals surface area (Å²) >= 11 is 0. The molecule has 3 heteroatoms. The van der Waals surface area contributed by atoms with E-state index < -0.39 is 0 Å². The summed E-state index contributed by atoms with van der Waals surface area (Å²) in [5.74, 6) is 0.626. The molecular weight excluding hydrogens is 190 g/mol. The zero-order valence-electron chi connectivity index (χ0n) is 10.7. The molecule has 0 aliphatic heterocycles. The molecule has 1 N–H and O–H groups in total. The number of nitrogens with one attached hydrogen (secondary N) is 1. The summed E-state index contributed by atoms with van der Waals surface area (Å²) in [6.45, 7) is 7.15. The Balaban J connectivity index is 3.70. The summed E-state index contributed by atoms with van der Waals surface area (Å²) < 4.78 is 10.2. The van der Waals surface area contributed by atoms with Crippen LogP contribution in [0.2, 0.25) is 0 Å². The fraction of sp³-hybridized carbons (Fsp3) is 1.00. The zero-order valence-corrected chi connectivity index (χ0v) is 10.7. The van der Waals surface area contributed by atoms with Crippen LogP contribution in [0.25, 0.3) is 0 Å². The van der Waals surface area contributed by atoms with Gasteiger partial charge in [0.25, 0.3) is 0 Å². The van der Waals surface area contributed by atoms with Crippen LogP contribution in [0, 0.1) is 5.92 Å². The normalized spacial score (nSPS) is 15.2. The predicted molar refractivity (Wildman–Crippen MR) is 64.2 cm³/mol. The topological polar surface area (TPSA) is 30.5 Å². The Hall–Kier alpha value is -0.120. The lowest BCUT2D eigenvalue weighted by Crippen LogP contribution is -2.31. The molecule has 2 unspecified atom stereocenters. The van der Waals surface area contributed by atoms with Gasteiger partial charge in [0.2, 0.25) is 0 Å². The number of hydrogen-bond acceptors (Lipinski definition) is 3. The van der Waals surface area contributed by atoms with Gasteiger partial charge in [-0.1, -0.05) is 13.8 Å². The van der Waals surface area contributed by atoms with E-state index in [2.05, 4.69) is 19.2 Å². The monoisotopic (exact) mass is 217 g/mol. The van der Waals surface area contributed by atoms with Crippen LogP contribution in [0.4, 0.5) is 0 Å². The lowest BCUT2D eigenvalue weighted by Gasteiger charge is -2.21. The quantitative estimate of drug-likeness (QED) is 0.568. The molecule has 3 nitrogen and oxygen atoms in total. The molecule has 0 saturated carbocycles. The fourth-order valence-corrected chi connectivity index (χ4v) is 1.90. The minimum atomic E-state index is 0.607. The lowest BCUT2D eigenvalue weighted by atomic mass is 9.99. The zero-order chi connectivity index (χ0) is 11.5. The van der Waals surface area contributed by atoms with Crippen LogP contribution in [0.1, 0.15) is 33.1 Å². The summed E-state index contributed by atoms with van der Waals surface area (Å²) in [5.41, 5.74) is 0.